The summed E-state index contributed by atoms with van der Waals surface area (Å²) in [5.74, 6) is 8.11. The Labute approximate surface area is 99.1 Å². The van der Waals surface area contributed by atoms with Crippen molar-refractivity contribution in [2.24, 2.45) is 0 Å². The third-order valence-electron chi connectivity index (χ3n) is 2.28. The van der Waals surface area contributed by atoms with Crippen LogP contribution in [0.1, 0.15) is 36.7 Å². The molecule has 1 aromatic rings. The molecule has 4 nitrogen and oxygen atoms in total. The van der Waals surface area contributed by atoms with Crippen molar-refractivity contribution in [3.8, 4) is 11.8 Å². The number of nitrogens with zero attached hydrogens (tertiary/aromatic N) is 2. The second-order valence-electron chi connectivity index (χ2n) is 3.47. The summed E-state index contributed by atoms with van der Waals surface area (Å²) in [6, 6.07) is 0. The Morgan fingerprint density at radius 2 is 2.56 bits per heavy atom. The van der Waals surface area contributed by atoms with Gasteiger partial charge in [0.1, 0.15) is 13.2 Å². The molecule has 1 unspecified atom stereocenters. The van der Waals surface area contributed by atoms with Crippen LogP contribution in [0, 0.1) is 11.8 Å². The predicted octanol–water partition coefficient (Wildman–Crippen LogP) is 2.18. The quantitative estimate of drug-likeness (QED) is 0.594. The lowest BCUT2D eigenvalue weighted by atomic mass is 10.2. The minimum Gasteiger partial charge on any atom is -0.359 e. The van der Waals surface area contributed by atoms with Crippen molar-refractivity contribution >= 4 is 11.8 Å². The third-order valence-corrected chi connectivity index (χ3v) is 3.65. The largest absolute Gasteiger partial charge is 0.359 e. The summed E-state index contributed by atoms with van der Waals surface area (Å²) in [6.07, 6.45) is 2.38. The summed E-state index contributed by atoms with van der Waals surface area (Å²) < 4.78 is 10.4. The molecule has 0 N–H and O–H groups in total. The molecule has 0 aromatic carbocycles. The van der Waals surface area contributed by atoms with Crippen LogP contribution in [0.4, 0.5) is 0 Å². The van der Waals surface area contributed by atoms with Gasteiger partial charge in [0.25, 0.3) is 5.89 Å². The number of aromatic nitrogens is 2. The van der Waals surface area contributed by atoms with E-state index in [1.54, 1.807) is 6.92 Å². The number of thioether (sulfide) groups is 1. The van der Waals surface area contributed by atoms with Crippen LogP contribution < -0.4 is 0 Å². The van der Waals surface area contributed by atoms with Crippen LogP contribution in [0.25, 0.3) is 0 Å². The third kappa shape index (κ3) is 3.00. The van der Waals surface area contributed by atoms with Crippen LogP contribution in [0.5, 0.6) is 0 Å². The molecule has 0 amide bonds. The van der Waals surface area contributed by atoms with E-state index in [9.17, 15) is 0 Å². The lowest BCUT2D eigenvalue weighted by Gasteiger charge is -1.99. The zero-order valence-corrected chi connectivity index (χ0v) is 10.0. The van der Waals surface area contributed by atoms with Gasteiger partial charge in [0.15, 0.2) is 5.82 Å². The van der Waals surface area contributed by atoms with Crippen LogP contribution in [0.15, 0.2) is 4.52 Å². The smallest absolute Gasteiger partial charge is 0.252 e. The molecule has 1 aliphatic heterocycles. The summed E-state index contributed by atoms with van der Waals surface area (Å²) in [5, 5.41) is 4.38. The second-order valence-corrected chi connectivity index (χ2v) is 4.78. The normalized spacial score (nSPS) is 19.4. The van der Waals surface area contributed by atoms with E-state index in [0.717, 1.165) is 12.2 Å². The number of ether oxygens (including phenoxy) is 1. The first-order chi connectivity index (χ1) is 7.90. The minimum absolute atomic E-state index is 0.346. The van der Waals surface area contributed by atoms with E-state index >= 15 is 0 Å². The molecule has 1 aromatic heterocycles. The molecule has 0 radical (unpaired) electrons. The van der Waals surface area contributed by atoms with Crippen LogP contribution >= 0.6 is 11.8 Å². The zero-order valence-electron chi connectivity index (χ0n) is 9.23. The van der Waals surface area contributed by atoms with Gasteiger partial charge in [-0.05, 0) is 25.5 Å². The molecule has 86 valence electrons. The Morgan fingerprint density at radius 3 is 3.31 bits per heavy atom. The van der Waals surface area contributed by atoms with Gasteiger partial charge in [-0.3, -0.25) is 0 Å². The Balaban J connectivity index is 1.83. The fourth-order valence-corrected chi connectivity index (χ4v) is 2.70. The van der Waals surface area contributed by atoms with E-state index in [2.05, 4.69) is 22.0 Å². The van der Waals surface area contributed by atoms with Gasteiger partial charge in [0.2, 0.25) is 0 Å². The Morgan fingerprint density at radius 1 is 1.62 bits per heavy atom. The number of hydrogen-bond donors (Lipinski definition) is 0. The van der Waals surface area contributed by atoms with Crippen molar-refractivity contribution in [1.29, 1.82) is 0 Å². The van der Waals surface area contributed by atoms with Crippen molar-refractivity contribution < 1.29 is 9.26 Å². The first-order valence-electron chi connectivity index (χ1n) is 5.31. The summed E-state index contributed by atoms with van der Waals surface area (Å²) in [6.45, 7) is 2.54. The molecular weight excluding hydrogens is 224 g/mol. The molecule has 1 fully saturated rings. The summed E-state index contributed by atoms with van der Waals surface area (Å²) >= 11 is 1.89. The maximum atomic E-state index is 5.26. The molecule has 0 saturated carbocycles. The van der Waals surface area contributed by atoms with E-state index in [0.29, 0.717) is 24.4 Å². The average Bonchev–Trinajstić information content (AvgIpc) is 2.94. The Kier molecular flexibility index (Phi) is 4.25. The van der Waals surface area contributed by atoms with E-state index in [1.807, 2.05) is 11.8 Å². The van der Waals surface area contributed by atoms with E-state index in [1.165, 1.54) is 12.2 Å². The van der Waals surface area contributed by atoms with Crippen molar-refractivity contribution in [3.63, 3.8) is 0 Å². The lowest BCUT2D eigenvalue weighted by molar-refractivity contribution is 0.125. The van der Waals surface area contributed by atoms with Crippen LogP contribution in [0.2, 0.25) is 0 Å². The van der Waals surface area contributed by atoms with Crippen LogP contribution in [0.3, 0.4) is 0 Å². The Bertz CT molecular complexity index is 388. The maximum absolute atomic E-state index is 5.26. The van der Waals surface area contributed by atoms with Gasteiger partial charge < -0.3 is 9.26 Å². The van der Waals surface area contributed by atoms with Crippen molar-refractivity contribution in [2.45, 2.75) is 31.6 Å². The van der Waals surface area contributed by atoms with Crippen molar-refractivity contribution in [1.82, 2.24) is 10.1 Å². The lowest BCUT2D eigenvalue weighted by Crippen LogP contribution is -1.95. The van der Waals surface area contributed by atoms with Crippen LogP contribution in [-0.4, -0.2) is 22.5 Å². The highest BCUT2D eigenvalue weighted by Crippen LogP contribution is 2.38. The SMILES string of the molecule is CC#CCOCc1nc(C2CCCS2)no1. The van der Waals surface area contributed by atoms with Gasteiger partial charge in [-0.15, -0.1) is 5.92 Å². The first kappa shape index (κ1) is 11.5. The van der Waals surface area contributed by atoms with Crippen molar-refractivity contribution in [2.75, 3.05) is 12.4 Å². The monoisotopic (exact) mass is 238 g/mol. The predicted molar refractivity (Wildman–Crippen MR) is 61.8 cm³/mol. The van der Waals surface area contributed by atoms with Gasteiger partial charge in [-0.1, -0.05) is 11.1 Å². The molecule has 5 heteroatoms. The highest BCUT2D eigenvalue weighted by atomic mass is 32.2. The topological polar surface area (TPSA) is 48.2 Å². The summed E-state index contributed by atoms with van der Waals surface area (Å²) in [7, 11) is 0. The van der Waals surface area contributed by atoms with Gasteiger partial charge in [0, 0.05) is 0 Å². The number of rotatable bonds is 4. The molecule has 1 aliphatic rings. The van der Waals surface area contributed by atoms with Crippen LogP contribution in [-0.2, 0) is 11.3 Å². The molecular formula is C11H14N2O2S. The molecule has 1 saturated heterocycles. The maximum Gasteiger partial charge on any atom is 0.252 e. The van der Waals surface area contributed by atoms with Gasteiger partial charge >= 0.3 is 0 Å². The van der Waals surface area contributed by atoms with Gasteiger partial charge in [-0.2, -0.15) is 16.7 Å². The fraction of sp³-hybridized carbons (Fsp3) is 0.636. The minimum atomic E-state index is 0.346. The fourth-order valence-electron chi connectivity index (χ4n) is 1.50. The molecule has 0 spiro atoms. The highest BCUT2D eigenvalue weighted by Gasteiger charge is 2.22. The van der Waals surface area contributed by atoms with Gasteiger partial charge in [0.05, 0.1) is 5.25 Å². The molecule has 2 heterocycles. The standard InChI is InChI=1S/C11H14N2O2S/c1-2-3-6-14-8-10-12-11(13-15-10)9-5-4-7-16-9/h9H,4-8H2,1H3. The van der Waals surface area contributed by atoms with E-state index in [4.69, 9.17) is 9.26 Å². The first-order valence-corrected chi connectivity index (χ1v) is 6.36. The zero-order chi connectivity index (χ0) is 11.2. The van der Waals surface area contributed by atoms with E-state index in [-0.39, 0.29) is 0 Å². The second kappa shape index (κ2) is 5.92. The molecule has 0 bridgehead atoms. The van der Waals surface area contributed by atoms with Crippen molar-refractivity contribution in [3.05, 3.63) is 11.7 Å². The average molecular weight is 238 g/mol. The summed E-state index contributed by atoms with van der Waals surface area (Å²) in [5.41, 5.74) is 0. The molecule has 1 atom stereocenters. The van der Waals surface area contributed by atoms with Gasteiger partial charge in [-0.25, -0.2) is 0 Å². The highest BCUT2D eigenvalue weighted by molar-refractivity contribution is 7.99. The molecule has 0 aliphatic carbocycles. The molecule has 2 rings (SSSR count). The Hall–Kier alpha value is -0.990. The van der Waals surface area contributed by atoms with E-state index < -0.39 is 0 Å². The summed E-state index contributed by atoms with van der Waals surface area (Å²) in [4.78, 5) is 4.32. The number of hydrogen-bond acceptors (Lipinski definition) is 5. The molecule has 16 heavy (non-hydrogen) atoms.